The number of nitrogens with one attached hydrogen (secondary N) is 4. The van der Waals surface area contributed by atoms with Gasteiger partial charge in [0.05, 0.1) is 6.07 Å². The fourth-order valence-electron chi connectivity index (χ4n) is 2.90. The van der Waals surface area contributed by atoms with Crippen LogP contribution >= 0.6 is 12.2 Å². The van der Waals surface area contributed by atoms with Gasteiger partial charge in [-0.15, -0.1) is 0 Å². The first-order chi connectivity index (χ1) is 12.5. The lowest BCUT2D eigenvalue weighted by Crippen LogP contribution is -2.51. The van der Waals surface area contributed by atoms with E-state index in [2.05, 4.69) is 28.4 Å². The van der Waals surface area contributed by atoms with Crippen molar-refractivity contribution in [2.45, 2.75) is 45.1 Å². The maximum Gasteiger partial charge on any atom is 0.269 e. The molecule has 2 amide bonds. The van der Waals surface area contributed by atoms with Gasteiger partial charge in [0.1, 0.15) is 6.42 Å². The minimum absolute atomic E-state index is 0.212. The molecule has 1 aliphatic carbocycles. The first kappa shape index (κ1) is 19.7. The van der Waals surface area contributed by atoms with Gasteiger partial charge in [-0.1, -0.05) is 19.8 Å². The van der Waals surface area contributed by atoms with E-state index in [0.717, 1.165) is 6.42 Å². The molecule has 2 atom stereocenters. The summed E-state index contributed by atoms with van der Waals surface area (Å²) in [5.41, 5.74) is 6.24. The normalized spacial score (nSPS) is 18.9. The van der Waals surface area contributed by atoms with E-state index in [1.165, 1.54) is 19.3 Å². The average Bonchev–Trinajstić information content (AvgIpc) is 2.62. The number of rotatable bonds is 4. The second kappa shape index (κ2) is 9.73. The summed E-state index contributed by atoms with van der Waals surface area (Å²) in [5, 5.41) is 14.7. The number of thiocarbonyl (C=S) groups is 1. The number of hydrazine groups is 1. The summed E-state index contributed by atoms with van der Waals surface area (Å²) in [5.74, 6) is -0.163. The molecule has 0 unspecified atom stereocenters. The van der Waals surface area contributed by atoms with Crippen LogP contribution in [0.2, 0.25) is 0 Å². The van der Waals surface area contributed by atoms with Gasteiger partial charge >= 0.3 is 0 Å². The van der Waals surface area contributed by atoms with Crippen LogP contribution in [0.4, 0.5) is 5.69 Å². The van der Waals surface area contributed by atoms with E-state index in [9.17, 15) is 9.59 Å². The molecule has 7 nitrogen and oxygen atoms in total. The van der Waals surface area contributed by atoms with Crippen LogP contribution < -0.4 is 21.5 Å². The fraction of sp³-hybridized carbons (Fsp3) is 0.444. The average molecular weight is 373 g/mol. The van der Waals surface area contributed by atoms with E-state index in [1.807, 2.05) is 0 Å². The Morgan fingerprint density at radius 2 is 1.88 bits per heavy atom. The molecule has 4 N–H and O–H groups in total. The van der Waals surface area contributed by atoms with Crippen molar-refractivity contribution >= 4 is 34.8 Å². The van der Waals surface area contributed by atoms with Crippen LogP contribution in [0.15, 0.2) is 24.3 Å². The Morgan fingerprint density at radius 1 is 1.19 bits per heavy atom. The van der Waals surface area contributed by atoms with Gasteiger partial charge in [-0.25, -0.2) is 0 Å². The largest absolute Gasteiger partial charge is 0.358 e. The number of nitriles is 1. The molecule has 0 spiro atoms. The highest BCUT2D eigenvalue weighted by molar-refractivity contribution is 7.80. The van der Waals surface area contributed by atoms with Crippen LogP contribution in [0.5, 0.6) is 0 Å². The van der Waals surface area contributed by atoms with Crippen LogP contribution in [0, 0.1) is 17.2 Å². The van der Waals surface area contributed by atoms with Gasteiger partial charge in [0.2, 0.25) is 5.91 Å². The fourth-order valence-corrected chi connectivity index (χ4v) is 3.11. The molecule has 138 valence electrons. The third kappa shape index (κ3) is 6.01. The maximum absolute atomic E-state index is 12.2. The third-order valence-corrected chi connectivity index (χ3v) is 4.61. The summed E-state index contributed by atoms with van der Waals surface area (Å²) in [6.45, 7) is 2.20. The molecular weight excluding hydrogens is 350 g/mol. The number of amides is 2. The van der Waals surface area contributed by atoms with E-state index < -0.39 is 0 Å². The second-order valence-electron chi connectivity index (χ2n) is 6.38. The monoisotopic (exact) mass is 373 g/mol. The topological polar surface area (TPSA) is 106 Å². The third-order valence-electron chi connectivity index (χ3n) is 4.39. The zero-order valence-corrected chi connectivity index (χ0v) is 15.5. The maximum atomic E-state index is 12.2. The van der Waals surface area contributed by atoms with Crippen molar-refractivity contribution in [3.8, 4) is 6.07 Å². The zero-order chi connectivity index (χ0) is 18.9. The number of carbonyl (C=O) groups is 2. The highest BCUT2D eigenvalue weighted by Crippen LogP contribution is 2.23. The van der Waals surface area contributed by atoms with Gasteiger partial charge in [-0.05, 0) is 55.2 Å². The van der Waals surface area contributed by atoms with Gasteiger partial charge in [0.25, 0.3) is 5.91 Å². The smallest absolute Gasteiger partial charge is 0.269 e. The van der Waals surface area contributed by atoms with Crippen LogP contribution in [0.1, 0.15) is 49.4 Å². The van der Waals surface area contributed by atoms with Gasteiger partial charge in [-0.3, -0.25) is 20.4 Å². The lowest BCUT2D eigenvalue weighted by Gasteiger charge is -2.30. The van der Waals surface area contributed by atoms with Gasteiger partial charge in [-0.2, -0.15) is 5.26 Å². The molecule has 8 heteroatoms. The van der Waals surface area contributed by atoms with Crippen LogP contribution in [0.25, 0.3) is 0 Å². The molecule has 2 rings (SSSR count). The van der Waals surface area contributed by atoms with E-state index in [0.29, 0.717) is 28.3 Å². The minimum Gasteiger partial charge on any atom is -0.358 e. The molecule has 0 bridgehead atoms. The summed E-state index contributed by atoms with van der Waals surface area (Å²) in [6.07, 6.45) is 4.49. The molecule has 1 fully saturated rings. The molecule has 0 heterocycles. The molecular formula is C18H23N5O2S. The van der Waals surface area contributed by atoms with E-state index in [4.69, 9.17) is 17.5 Å². The van der Waals surface area contributed by atoms with Crippen molar-refractivity contribution in [2.24, 2.45) is 5.92 Å². The molecule has 0 saturated heterocycles. The predicted octanol–water partition coefficient (Wildman–Crippen LogP) is 2.23. The van der Waals surface area contributed by atoms with Gasteiger partial charge < -0.3 is 10.6 Å². The second-order valence-corrected chi connectivity index (χ2v) is 6.79. The Labute approximate surface area is 158 Å². The van der Waals surface area contributed by atoms with E-state index in [1.54, 1.807) is 30.3 Å². The quantitative estimate of drug-likeness (QED) is 0.476. The molecule has 1 aromatic rings. The Balaban J connectivity index is 1.79. The van der Waals surface area contributed by atoms with Crippen molar-refractivity contribution in [2.75, 3.05) is 5.32 Å². The summed E-state index contributed by atoms with van der Waals surface area (Å²) < 4.78 is 0. The lowest BCUT2D eigenvalue weighted by atomic mass is 9.86. The standard InChI is InChI=1S/C18H23N5O2S/c1-12-4-2-3-5-15(12)21-18(26)23-22-17(25)13-6-8-14(9-7-13)20-16(24)10-11-19/h6-9,12,15H,2-5,10H2,1H3,(H,20,24)(H,22,25)(H2,21,23,26)/t12-,15-/m0/s1. The predicted molar refractivity (Wildman–Crippen MR) is 103 cm³/mol. The number of carbonyl (C=O) groups excluding carboxylic acids is 2. The molecule has 0 aliphatic heterocycles. The summed E-state index contributed by atoms with van der Waals surface area (Å²) in [4.78, 5) is 23.5. The summed E-state index contributed by atoms with van der Waals surface area (Å²) in [7, 11) is 0. The van der Waals surface area contributed by atoms with Gasteiger partial charge in [0.15, 0.2) is 5.11 Å². The number of hydrogen-bond donors (Lipinski definition) is 4. The molecule has 1 aliphatic rings. The van der Waals surface area contributed by atoms with E-state index in [-0.39, 0.29) is 18.2 Å². The Hall–Kier alpha value is -2.66. The first-order valence-electron chi connectivity index (χ1n) is 8.63. The molecule has 1 saturated carbocycles. The lowest BCUT2D eigenvalue weighted by molar-refractivity contribution is -0.115. The van der Waals surface area contributed by atoms with E-state index >= 15 is 0 Å². The Morgan fingerprint density at radius 3 is 2.54 bits per heavy atom. The van der Waals surface area contributed by atoms with Crippen molar-refractivity contribution in [3.05, 3.63) is 29.8 Å². The minimum atomic E-state index is -0.389. The number of nitrogens with zero attached hydrogens (tertiary/aromatic N) is 1. The van der Waals surface area contributed by atoms with Crippen molar-refractivity contribution < 1.29 is 9.59 Å². The first-order valence-corrected chi connectivity index (χ1v) is 9.04. The molecule has 26 heavy (non-hydrogen) atoms. The van der Waals surface area contributed by atoms with Crippen molar-refractivity contribution in [1.29, 1.82) is 5.26 Å². The van der Waals surface area contributed by atoms with Crippen LogP contribution in [-0.4, -0.2) is 23.0 Å². The molecule has 1 aromatic carbocycles. The SMILES string of the molecule is C[C@H]1CCCC[C@@H]1NC(=S)NNC(=O)c1ccc(NC(=O)CC#N)cc1. The molecule has 0 aromatic heterocycles. The van der Waals surface area contributed by atoms with Gasteiger partial charge in [0, 0.05) is 17.3 Å². The van der Waals surface area contributed by atoms with Crippen molar-refractivity contribution in [1.82, 2.24) is 16.2 Å². The number of hydrogen-bond acceptors (Lipinski definition) is 4. The van der Waals surface area contributed by atoms with Crippen LogP contribution in [-0.2, 0) is 4.79 Å². The highest BCUT2D eigenvalue weighted by Gasteiger charge is 2.21. The zero-order valence-electron chi connectivity index (χ0n) is 14.7. The number of anilines is 1. The summed E-state index contributed by atoms with van der Waals surface area (Å²) in [6, 6.07) is 8.47. The highest BCUT2D eigenvalue weighted by atomic mass is 32.1. The number of benzene rings is 1. The van der Waals surface area contributed by atoms with Crippen LogP contribution in [0.3, 0.4) is 0 Å². The van der Waals surface area contributed by atoms with Crippen molar-refractivity contribution in [3.63, 3.8) is 0 Å². The molecule has 0 radical (unpaired) electrons. The Kier molecular flexibility index (Phi) is 7.36. The summed E-state index contributed by atoms with van der Waals surface area (Å²) >= 11 is 5.24. The Bertz CT molecular complexity index is 699.